The number of anilines is 1. The summed E-state index contributed by atoms with van der Waals surface area (Å²) in [6, 6.07) is 6.19. The number of alkyl halides is 2. The third-order valence-corrected chi connectivity index (χ3v) is 11.7. The highest BCUT2D eigenvalue weighted by Gasteiger charge is 2.66. The monoisotopic (exact) mass is 532 g/mol. The van der Waals surface area contributed by atoms with Crippen molar-refractivity contribution in [3.8, 4) is 0 Å². The number of imide groups is 1. The van der Waals surface area contributed by atoms with Crippen LogP contribution in [0.1, 0.15) is 20.3 Å². The lowest BCUT2D eigenvalue weighted by Gasteiger charge is -2.28. The predicted molar refractivity (Wildman–Crippen MR) is 113 cm³/mol. The van der Waals surface area contributed by atoms with Crippen LogP contribution in [0.15, 0.2) is 29.2 Å². The summed E-state index contributed by atoms with van der Waals surface area (Å²) in [6.45, 7) is 4.28. The number of amides is 2. The first-order chi connectivity index (χ1) is 13.2. The maximum absolute atomic E-state index is 13.2. The number of hydrogen-bond donors (Lipinski definition) is 0. The number of rotatable bonds is 5. The second-order valence-electron chi connectivity index (χ2n) is 7.60. The van der Waals surface area contributed by atoms with Crippen molar-refractivity contribution in [2.24, 2.45) is 23.7 Å². The van der Waals surface area contributed by atoms with Gasteiger partial charge in [-0.15, -0.1) is 0 Å². The van der Waals surface area contributed by atoms with Gasteiger partial charge in [-0.3, -0.25) is 9.59 Å². The Hall–Kier alpha value is -0.770. The maximum atomic E-state index is 13.2. The molecule has 2 amide bonds. The van der Waals surface area contributed by atoms with Gasteiger partial charge < -0.3 is 0 Å². The van der Waals surface area contributed by atoms with E-state index in [4.69, 9.17) is 0 Å². The van der Waals surface area contributed by atoms with E-state index in [2.05, 4.69) is 31.9 Å². The highest BCUT2D eigenvalue weighted by Crippen LogP contribution is 2.60. The van der Waals surface area contributed by atoms with Crippen LogP contribution in [0.5, 0.6) is 0 Å². The van der Waals surface area contributed by atoms with Crippen LogP contribution in [0.3, 0.4) is 0 Å². The standard InChI is InChI=1S/C19H22Br2N2O4S/c1-3-22(4-2)28(26,27)11-7-5-6-10(8-11)23-18(24)14-12-9-13(15(14)19(23)25)17(21)16(12)20/h5-8,12-17H,3-4,9H2,1-2H3/t12-,13-,14-,15-,16+,17+/m1/s1. The molecule has 1 aromatic carbocycles. The molecule has 152 valence electrons. The maximum Gasteiger partial charge on any atom is 0.243 e. The smallest absolute Gasteiger partial charge is 0.243 e. The van der Waals surface area contributed by atoms with Crippen molar-refractivity contribution in [2.45, 2.75) is 34.8 Å². The molecule has 3 aliphatic rings. The number of carbonyl (C=O) groups is 2. The summed E-state index contributed by atoms with van der Waals surface area (Å²) in [4.78, 5) is 28.0. The van der Waals surface area contributed by atoms with Gasteiger partial charge in [0.05, 0.1) is 22.4 Å². The SMILES string of the molecule is CCN(CC)S(=O)(=O)c1cccc(N2C(=O)[C@@H]3[C@H]4C[C@@H]([C@H](Br)[C@H]4Br)[C@H]3C2=O)c1. The highest BCUT2D eigenvalue weighted by molar-refractivity contribution is 9.12. The molecule has 3 fully saturated rings. The van der Waals surface area contributed by atoms with E-state index < -0.39 is 10.0 Å². The molecule has 6 nitrogen and oxygen atoms in total. The van der Waals surface area contributed by atoms with Gasteiger partial charge in [-0.25, -0.2) is 13.3 Å². The second kappa shape index (κ2) is 7.18. The first-order valence-corrected chi connectivity index (χ1v) is 12.8. The van der Waals surface area contributed by atoms with Gasteiger partial charge >= 0.3 is 0 Å². The lowest BCUT2D eigenvalue weighted by molar-refractivity contribution is -0.123. The van der Waals surface area contributed by atoms with Gasteiger partial charge in [0, 0.05) is 22.7 Å². The summed E-state index contributed by atoms with van der Waals surface area (Å²) in [5.74, 6) is -0.795. The topological polar surface area (TPSA) is 74.8 Å². The molecule has 28 heavy (non-hydrogen) atoms. The summed E-state index contributed by atoms with van der Waals surface area (Å²) >= 11 is 7.35. The number of benzene rings is 1. The molecule has 0 unspecified atom stereocenters. The molecule has 1 aliphatic heterocycles. The Morgan fingerprint density at radius 1 is 1.04 bits per heavy atom. The van der Waals surface area contributed by atoms with Crippen LogP contribution < -0.4 is 4.90 Å². The van der Waals surface area contributed by atoms with Gasteiger partial charge in [0.1, 0.15) is 0 Å². The van der Waals surface area contributed by atoms with Crippen LogP contribution in [0.4, 0.5) is 5.69 Å². The molecule has 1 aromatic rings. The van der Waals surface area contributed by atoms with Crippen molar-refractivity contribution < 1.29 is 18.0 Å². The lowest BCUT2D eigenvalue weighted by Crippen LogP contribution is -2.37. The molecular weight excluding hydrogens is 512 g/mol. The summed E-state index contributed by atoms with van der Waals surface area (Å²) in [5.41, 5.74) is 0.342. The number of carbonyl (C=O) groups excluding carboxylic acids is 2. The van der Waals surface area contributed by atoms with Gasteiger partial charge in [-0.2, -0.15) is 4.31 Å². The third-order valence-electron chi connectivity index (χ3n) is 6.41. The Kier molecular flexibility index (Phi) is 5.26. The number of halogens is 2. The van der Waals surface area contributed by atoms with Crippen LogP contribution in [0.2, 0.25) is 0 Å². The van der Waals surface area contributed by atoms with Crippen molar-refractivity contribution in [3.63, 3.8) is 0 Å². The molecule has 0 aromatic heterocycles. The Bertz CT molecular complexity index is 902. The molecule has 1 saturated heterocycles. The Morgan fingerprint density at radius 3 is 2.07 bits per heavy atom. The van der Waals surface area contributed by atoms with Crippen LogP contribution in [-0.2, 0) is 19.6 Å². The van der Waals surface area contributed by atoms with Crippen LogP contribution >= 0.6 is 31.9 Å². The van der Waals surface area contributed by atoms with Crippen molar-refractivity contribution >= 4 is 59.4 Å². The number of sulfonamides is 1. The fourth-order valence-electron chi connectivity index (χ4n) is 5.10. The summed E-state index contributed by atoms with van der Waals surface area (Å²) in [6.07, 6.45) is 0.864. The molecule has 6 atom stereocenters. The molecule has 0 N–H and O–H groups in total. The Labute approximate surface area is 181 Å². The van der Waals surface area contributed by atoms with E-state index in [1.165, 1.54) is 21.3 Å². The summed E-state index contributed by atoms with van der Waals surface area (Å²) < 4.78 is 27.1. The average molecular weight is 534 g/mol. The van der Waals surface area contributed by atoms with Crippen molar-refractivity contribution in [3.05, 3.63) is 24.3 Å². The van der Waals surface area contributed by atoms with E-state index in [0.29, 0.717) is 18.8 Å². The number of nitrogens with zero attached hydrogens (tertiary/aromatic N) is 2. The molecule has 1 heterocycles. The summed E-state index contributed by atoms with van der Waals surface area (Å²) in [7, 11) is -3.66. The predicted octanol–water partition coefficient (Wildman–Crippen LogP) is 3.00. The van der Waals surface area contributed by atoms with E-state index in [0.717, 1.165) is 6.42 Å². The van der Waals surface area contributed by atoms with E-state index in [1.807, 2.05) is 0 Å². The van der Waals surface area contributed by atoms with Crippen molar-refractivity contribution in [1.82, 2.24) is 4.31 Å². The number of hydrogen-bond acceptors (Lipinski definition) is 4. The first kappa shape index (κ1) is 20.5. The van der Waals surface area contributed by atoms with Gasteiger partial charge in [0.25, 0.3) is 0 Å². The zero-order chi connectivity index (χ0) is 20.4. The molecule has 0 radical (unpaired) electrons. The number of fused-ring (bicyclic) bond motifs is 5. The van der Waals surface area contributed by atoms with Gasteiger partial charge in [-0.05, 0) is 36.5 Å². The van der Waals surface area contributed by atoms with E-state index in [9.17, 15) is 18.0 Å². The largest absolute Gasteiger partial charge is 0.274 e. The zero-order valence-corrected chi connectivity index (χ0v) is 19.6. The Morgan fingerprint density at radius 2 is 1.57 bits per heavy atom. The third kappa shape index (κ3) is 2.76. The molecule has 2 bridgehead atoms. The minimum absolute atomic E-state index is 0.103. The fourth-order valence-corrected chi connectivity index (χ4v) is 8.47. The molecule has 2 saturated carbocycles. The quantitative estimate of drug-likeness (QED) is 0.430. The lowest BCUT2D eigenvalue weighted by atomic mass is 9.81. The first-order valence-electron chi connectivity index (χ1n) is 9.50. The van der Waals surface area contributed by atoms with Gasteiger partial charge in [0.2, 0.25) is 21.8 Å². The Balaban J connectivity index is 1.70. The molecule has 2 aliphatic carbocycles. The minimum Gasteiger partial charge on any atom is -0.274 e. The van der Waals surface area contributed by atoms with Crippen LogP contribution in [0, 0.1) is 23.7 Å². The summed E-state index contributed by atoms with van der Waals surface area (Å²) in [5, 5.41) is 0. The van der Waals surface area contributed by atoms with Crippen molar-refractivity contribution in [1.29, 1.82) is 0 Å². The van der Waals surface area contributed by atoms with Gasteiger partial charge in [0.15, 0.2) is 0 Å². The van der Waals surface area contributed by atoms with E-state index in [-0.39, 0.29) is 50.0 Å². The van der Waals surface area contributed by atoms with Gasteiger partial charge in [-0.1, -0.05) is 51.8 Å². The fraction of sp³-hybridized carbons (Fsp3) is 0.579. The highest BCUT2D eigenvalue weighted by atomic mass is 79.9. The van der Waals surface area contributed by atoms with Crippen LogP contribution in [-0.4, -0.2) is 47.3 Å². The molecule has 4 rings (SSSR count). The average Bonchev–Trinajstić information content (AvgIpc) is 3.27. The molecule has 0 spiro atoms. The van der Waals surface area contributed by atoms with Crippen LogP contribution in [0.25, 0.3) is 0 Å². The van der Waals surface area contributed by atoms with E-state index >= 15 is 0 Å². The second-order valence-corrected chi connectivity index (χ2v) is 11.7. The molecular formula is C19H22Br2N2O4S. The molecule has 9 heteroatoms. The van der Waals surface area contributed by atoms with E-state index in [1.54, 1.807) is 26.0 Å². The minimum atomic E-state index is -3.66. The zero-order valence-electron chi connectivity index (χ0n) is 15.6. The normalized spacial score (nSPS) is 34.5. The van der Waals surface area contributed by atoms with Crippen molar-refractivity contribution in [2.75, 3.05) is 18.0 Å².